The molecule has 1 rings (SSSR count). The fourth-order valence-electron chi connectivity index (χ4n) is 3.17. The molecule has 0 unspecified atom stereocenters. The molecular weight excluding hydrogens is 444 g/mol. The van der Waals surface area contributed by atoms with Crippen LogP contribution in [0.1, 0.15) is 16.7 Å². The highest BCUT2D eigenvalue weighted by atomic mass is 31.2. The monoisotopic (exact) mass is 481 g/mol. The Kier molecular flexibility index (Phi) is 12.9. The summed E-state index contributed by atoms with van der Waals surface area (Å²) in [4.78, 5) is 1.74. The molecule has 9 nitrogen and oxygen atoms in total. The quantitative estimate of drug-likeness (QED) is 0.305. The Morgan fingerprint density at radius 1 is 0.903 bits per heavy atom. The van der Waals surface area contributed by atoms with Crippen molar-refractivity contribution >= 4 is 16.0 Å². The molecule has 0 radical (unpaired) electrons. The first kappa shape index (κ1) is 28.6. The van der Waals surface area contributed by atoms with E-state index in [9.17, 15) is 19.9 Å². The van der Waals surface area contributed by atoms with E-state index in [1.54, 1.807) is 26.2 Å². The Labute approximate surface area is 186 Å². The van der Waals surface area contributed by atoms with Gasteiger partial charge in [-0.05, 0) is 36.6 Å². The average Bonchev–Trinajstić information content (AvgIpc) is 2.79. The second-order valence-electron chi connectivity index (χ2n) is 7.33. The van der Waals surface area contributed by atoms with Crippen LogP contribution in [0, 0.1) is 0 Å². The van der Waals surface area contributed by atoms with Gasteiger partial charge in [0, 0.05) is 41.1 Å². The van der Waals surface area contributed by atoms with Crippen molar-refractivity contribution in [1.29, 1.82) is 0 Å². The maximum absolute atomic E-state index is 12.4. The zero-order chi connectivity index (χ0) is 23.5. The number of aliphatic hydroxyl groups is 3. The van der Waals surface area contributed by atoms with E-state index in [1.807, 2.05) is 12.1 Å². The highest BCUT2D eigenvalue weighted by Crippen LogP contribution is 2.46. The molecule has 11 heteroatoms. The SMILES string of the molecule is COP(CCc1cc(CCP(=O)(OC)OC)cc(CN(C)C(CO)(CO)CO)c1)OC. The Morgan fingerprint density at radius 2 is 1.39 bits per heavy atom. The number of rotatable bonds is 16. The van der Waals surface area contributed by atoms with Gasteiger partial charge in [0.25, 0.3) is 0 Å². The molecule has 0 saturated heterocycles. The van der Waals surface area contributed by atoms with Gasteiger partial charge in [0.1, 0.15) is 0 Å². The van der Waals surface area contributed by atoms with Gasteiger partial charge in [0.15, 0.2) is 8.38 Å². The molecule has 31 heavy (non-hydrogen) atoms. The highest BCUT2D eigenvalue weighted by Gasteiger charge is 2.33. The van der Waals surface area contributed by atoms with Gasteiger partial charge < -0.3 is 33.4 Å². The van der Waals surface area contributed by atoms with E-state index in [2.05, 4.69) is 6.07 Å². The third-order valence-corrected chi connectivity index (χ3v) is 8.73. The number of aryl methyl sites for hydroxylation is 2. The standard InChI is InChI=1S/C20H37NO8P2/c1-21(20(14-22,15-23)16-24)13-19-11-17(6-8-30(26-2)27-3)10-18(12-19)7-9-31(25,28-4)29-5/h10-12,22-24H,6-9,13-16H2,1-5H3. The Bertz CT molecular complexity index is 681. The first-order chi connectivity index (χ1) is 14.7. The summed E-state index contributed by atoms with van der Waals surface area (Å²) in [5.74, 6) is 0. The molecule has 0 saturated carbocycles. The Hall–Kier alpha value is -0.440. The number of hydrogen-bond donors (Lipinski definition) is 3. The molecule has 0 atom stereocenters. The van der Waals surface area contributed by atoms with Gasteiger partial charge in [0.05, 0.1) is 31.5 Å². The van der Waals surface area contributed by atoms with Crippen LogP contribution in [0.2, 0.25) is 0 Å². The van der Waals surface area contributed by atoms with Crippen LogP contribution in [-0.2, 0) is 42.0 Å². The molecule has 0 aliphatic heterocycles. The maximum Gasteiger partial charge on any atom is 0.330 e. The van der Waals surface area contributed by atoms with E-state index in [-0.39, 0.29) is 26.0 Å². The minimum Gasteiger partial charge on any atom is -0.394 e. The maximum atomic E-state index is 12.4. The summed E-state index contributed by atoms with van der Waals surface area (Å²) in [6.45, 7) is -0.725. The molecule has 0 heterocycles. The van der Waals surface area contributed by atoms with Gasteiger partial charge in [-0.1, -0.05) is 18.2 Å². The molecule has 180 valence electrons. The molecule has 0 aliphatic carbocycles. The van der Waals surface area contributed by atoms with Crippen molar-refractivity contribution in [3.05, 3.63) is 34.9 Å². The van der Waals surface area contributed by atoms with Crippen LogP contribution in [0.15, 0.2) is 18.2 Å². The Balaban J connectivity index is 3.14. The summed E-state index contributed by atoms with van der Waals surface area (Å²) in [6, 6.07) is 6.08. The van der Waals surface area contributed by atoms with Crippen molar-refractivity contribution in [3.8, 4) is 0 Å². The van der Waals surface area contributed by atoms with Crippen LogP contribution >= 0.6 is 16.0 Å². The number of benzene rings is 1. The minimum atomic E-state index is -3.13. The van der Waals surface area contributed by atoms with E-state index in [0.717, 1.165) is 29.3 Å². The van der Waals surface area contributed by atoms with Crippen LogP contribution in [0.5, 0.6) is 0 Å². The van der Waals surface area contributed by atoms with Crippen molar-refractivity contribution in [3.63, 3.8) is 0 Å². The van der Waals surface area contributed by atoms with Crippen LogP contribution in [0.25, 0.3) is 0 Å². The van der Waals surface area contributed by atoms with E-state index in [0.29, 0.717) is 13.0 Å². The van der Waals surface area contributed by atoms with E-state index in [1.165, 1.54) is 14.2 Å². The predicted molar refractivity (Wildman–Crippen MR) is 122 cm³/mol. The second kappa shape index (κ2) is 14.0. The molecule has 0 spiro atoms. The van der Waals surface area contributed by atoms with Gasteiger partial charge in [-0.3, -0.25) is 9.46 Å². The molecule has 0 bridgehead atoms. The van der Waals surface area contributed by atoms with Gasteiger partial charge in [0.2, 0.25) is 0 Å². The smallest absolute Gasteiger partial charge is 0.330 e. The van der Waals surface area contributed by atoms with Crippen molar-refractivity contribution in [1.82, 2.24) is 4.90 Å². The Morgan fingerprint density at radius 3 is 1.84 bits per heavy atom. The fraction of sp³-hybridized carbons (Fsp3) is 0.700. The number of nitrogens with zero attached hydrogens (tertiary/aromatic N) is 1. The van der Waals surface area contributed by atoms with E-state index < -0.39 is 21.5 Å². The van der Waals surface area contributed by atoms with Crippen molar-refractivity contribution < 1.29 is 38.0 Å². The minimum absolute atomic E-state index is 0.245. The van der Waals surface area contributed by atoms with Gasteiger partial charge in [-0.25, -0.2) is 0 Å². The summed E-state index contributed by atoms with van der Waals surface area (Å²) in [5, 5.41) is 29.1. The van der Waals surface area contributed by atoms with Gasteiger partial charge in [-0.2, -0.15) is 0 Å². The summed E-state index contributed by atoms with van der Waals surface area (Å²) in [5.41, 5.74) is 1.85. The zero-order valence-electron chi connectivity index (χ0n) is 19.1. The zero-order valence-corrected chi connectivity index (χ0v) is 20.9. The number of hydrogen-bond acceptors (Lipinski definition) is 9. The topological polar surface area (TPSA) is 118 Å². The molecule has 0 fully saturated rings. The van der Waals surface area contributed by atoms with Crippen molar-refractivity contribution in [2.24, 2.45) is 0 Å². The third kappa shape index (κ3) is 8.45. The summed E-state index contributed by atoms with van der Waals surface area (Å²) < 4.78 is 33.2. The lowest BCUT2D eigenvalue weighted by Crippen LogP contribution is -2.55. The van der Waals surface area contributed by atoms with E-state index >= 15 is 0 Å². The number of likely N-dealkylation sites (N-methyl/N-ethyl adjacent to an activating group) is 1. The molecule has 1 aromatic rings. The normalized spacial score (nSPS) is 12.8. The van der Waals surface area contributed by atoms with Crippen LogP contribution in [-0.4, -0.2) is 93.4 Å². The molecule has 1 aromatic carbocycles. The van der Waals surface area contributed by atoms with Gasteiger partial charge >= 0.3 is 7.60 Å². The summed E-state index contributed by atoms with van der Waals surface area (Å²) >= 11 is 0. The number of aliphatic hydroxyl groups excluding tert-OH is 3. The van der Waals surface area contributed by atoms with Crippen LogP contribution in [0.3, 0.4) is 0 Å². The first-order valence-corrected chi connectivity index (χ1v) is 13.1. The first-order valence-electron chi connectivity index (χ1n) is 9.97. The summed E-state index contributed by atoms with van der Waals surface area (Å²) in [7, 11) is 3.63. The van der Waals surface area contributed by atoms with Crippen LogP contribution < -0.4 is 0 Å². The lowest BCUT2D eigenvalue weighted by atomic mass is 9.98. The lowest BCUT2D eigenvalue weighted by Gasteiger charge is -2.37. The second-order valence-corrected chi connectivity index (χ2v) is 11.6. The van der Waals surface area contributed by atoms with Crippen molar-refractivity contribution in [2.45, 2.75) is 24.9 Å². The predicted octanol–water partition coefficient (Wildman–Crippen LogP) is 2.01. The molecular formula is C20H37NO8P2. The lowest BCUT2D eigenvalue weighted by molar-refractivity contribution is -0.0387. The van der Waals surface area contributed by atoms with Crippen LogP contribution in [0.4, 0.5) is 0 Å². The van der Waals surface area contributed by atoms with Crippen molar-refractivity contribution in [2.75, 3.05) is 67.6 Å². The molecule has 0 aliphatic rings. The van der Waals surface area contributed by atoms with Gasteiger partial charge in [-0.15, -0.1) is 0 Å². The highest BCUT2D eigenvalue weighted by molar-refractivity contribution is 7.53. The summed E-state index contributed by atoms with van der Waals surface area (Å²) in [6.07, 6.45) is 2.20. The third-order valence-electron chi connectivity index (χ3n) is 5.45. The average molecular weight is 481 g/mol. The van der Waals surface area contributed by atoms with E-state index in [4.69, 9.17) is 18.1 Å². The molecule has 0 amide bonds. The molecule has 3 N–H and O–H groups in total. The fourth-order valence-corrected chi connectivity index (χ4v) is 5.17. The largest absolute Gasteiger partial charge is 0.394 e. The molecule has 0 aromatic heterocycles.